The number of hydrogen-bond donors (Lipinski definition) is 1. The van der Waals surface area contributed by atoms with E-state index in [1.807, 2.05) is 0 Å². The van der Waals surface area contributed by atoms with Crippen LogP contribution < -0.4 is 10.0 Å². The van der Waals surface area contributed by atoms with Crippen LogP contribution >= 0.6 is 15.9 Å². The third-order valence-corrected chi connectivity index (χ3v) is 4.24. The molecule has 19 heavy (non-hydrogen) atoms. The van der Waals surface area contributed by atoms with E-state index in [2.05, 4.69) is 20.9 Å². The van der Waals surface area contributed by atoms with Gasteiger partial charge in [0.05, 0.1) is 16.4 Å². The van der Waals surface area contributed by atoms with E-state index in [9.17, 15) is 17.6 Å². The van der Waals surface area contributed by atoms with Crippen LogP contribution in [0.1, 0.15) is 6.42 Å². The van der Waals surface area contributed by atoms with Crippen LogP contribution in [0.25, 0.3) is 0 Å². The Morgan fingerprint density at radius 1 is 1.58 bits per heavy atom. The number of nitrogens with two attached hydrogens (primary N) is 1. The molecule has 0 spiro atoms. The van der Waals surface area contributed by atoms with Crippen molar-refractivity contribution in [3.8, 4) is 0 Å². The summed E-state index contributed by atoms with van der Waals surface area (Å²) in [6.45, 7) is 0.201. The number of anilines is 1. The molecule has 1 unspecified atom stereocenters. The van der Waals surface area contributed by atoms with Crippen LogP contribution in [0.2, 0.25) is 0 Å². The number of carbonyl (C=O) groups excluding carboxylic acids is 1. The minimum atomic E-state index is -3.62. The number of nitrogens with zero attached hydrogens (tertiary/aromatic N) is 2. The van der Waals surface area contributed by atoms with Crippen LogP contribution in [0, 0.1) is 11.7 Å². The van der Waals surface area contributed by atoms with Crippen LogP contribution in [0.5, 0.6) is 0 Å². The summed E-state index contributed by atoms with van der Waals surface area (Å²) in [6.07, 6.45) is 1.09. The van der Waals surface area contributed by atoms with Gasteiger partial charge in [-0.3, -0.25) is 9.69 Å². The van der Waals surface area contributed by atoms with Gasteiger partial charge in [-0.25, -0.2) is 22.9 Å². The zero-order valence-electron chi connectivity index (χ0n) is 9.71. The van der Waals surface area contributed by atoms with E-state index in [1.165, 1.54) is 11.0 Å². The van der Waals surface area contributed by atoms with Crippen molar-refractivity contribution in [2.24, 2.45) is 11.1 Å². The van der Waals surface area contributed by atoms with Gasteiger partial charge < -0.3 is 0 Å². The first-order valence-electron chi connectivity index (χ1n) is 5.38. The van der Waals surface area contributed by atoms with Crippen molar-refractivity contribution in [3.05, 3.63) is 22.6 Å². The molecule has 1 aliphatic heterocycles. The summed E-state index contributed by atoms with van der Waals surface area (Å²) in [5.74, 6) is -1.13. The summed E-state index contributed by atoms with van der Waals surface area (Å²) >= 11 is 3.13. The predicted molar refractivity (Wildman–Crippen MR) is 70.3 cm³/mol. The van der Waals surface area contributed by atoms with Crippen molar-refractivity contribution < 1.29 is 17.6 Å². The molecule has 2 rings (SSSR count). The molecule has 2 N–H and O–H groups in total. The predicted octanol–water partition coefficient (Wildman–Crippen LogP) is 0.625. The van der Waals surface area contributed by atoms with Gasteiger partial charge in [0.25, 0.3) is 0 Å². The van der Waals surface area contributed by atoms with Crippen molar-refractivity contribution in [3.63, 3.8) is 0 Å². The van der Waals surface area contributed by atoms with Gasteiger partial charge in [-0.15, -0.1) is 0 Å². The number of primary sulfonamides is 1. The number of amides is 1. The maximum atomic E-state index is 12.9. The normalized spacial score (nSPS) is 20.1. The molecule has 1 amide bonds. The molecule has 1 aliphatic rings. The molecule has 6 nitrogen and oxygen atoms in total. The number of aromatic nitrogens is 1. The van der Waals surface area contributed by atoms with E-state index in [1.54, 1.807) is 0 Å². The van der Waals surface area contributed by atoms with Gasteiger partial charge in [0, 0.05) is 18.9 Å². The summed E-state index contributed by atoms with van der Waals surface area (Å²) in [5.41, 5.74) is 0. The van der Waals surface area contributed by atoms with Crippen LogP contribution in [-0.4, -0.2) is 31.6 Å². The van der Waals surface area contributed by atoms with E-state index >= 15 is 0 Å². The third kappa shape index (κ3) is 3.48. The Balaban J connectivity index is 2.20. The average molecular weight is 352 g/mol. The molecular formula is C10H11BrFN3O3S. The molecule has 1 aromatic rings. The summed E-state index contributed by atoms with van der Waals surface area (Å²) in [7, 11) is -3.62. The van der Waals surface area contributed by atoms with Crippen molar-refractivity contribution in [1.82, 2.24) is 4.98 Å². The highest BCUT2D eigenvalue weighted by Crippen LogP contribution is 2.30. The lowest BCUT2D eigenvalue weighted by Crippen LogP contribution is -2.28. The lowest BCUT2D eigenvalue weighted by molar-refractivity contribution is -0.117. The fourth-order valence-electron chi connectivity index (χ4n) is 2.03. The largest absolute Gasteiger partial charge is 0.296 e. The Labute approximate surface area is 118 Å². The van der Waals surface area contributed by atoms with Crippen molar-refractivity contribution in [1.29, 1.82) is 0 Å². The number of sulfonamides is 1. The second-order valence-corrected chi connectivity index (χ2v) is 6.88. The van der Waals surface area contributed by atoms with Gasteiger partial charge in [0.1, 0.15) is 11.6 Å². The first-order chi connectivity index (χ1) is 8.76. The summed E-state index contributed by atoms with van der Waals surface area (Å²) < 4.78 is 35.3. The van der Waals surface area contributed by atoms with Crippen LogP contribution in [0.4, 0.5) is 10.2 Å². The lowest BCUT2D eigenvalue weighted by atomic mass is 10.1. The second kappa shape index (κ2) is 5.14. The van der Waals surface area contributed by atoms with Gasteiger partial charge in [0.2, 0.25) is 15.9 Å². The molecule has 1 fully saturated rings. The van der Waals surface area contributed by atoms with E-state index in [0.717, 1.165) is 6.20 Å². The molecular weight excluding hydrogens is 341 g/mol. The topological polar surface area (TPSA) is 93.4 Å². The summed E-state index contributed by atoms with van der Waals surface area (Å²) in [5, 5.41) is 4.96. The minimum absolute atomic E-state index is 0.0852. The Morgan fingerprint density at radius 2 is 2.26 bits per heavy atom. The standard InChI is InChI=1S/C10H11BrFN3O3S/c11-8-2-7(12)3-14-10(8)15-4-6(1-9(15)16)5-19(13,17)18/h2-3,6H,1,4-5H2,(H2,13,17,18). The average Bonchev–Trinajstić information content (AvgIpc) is 2.56. The van der Waals surface area contributed by atoms with Gasteiger partial charge in [-0.2, -0.15) is 0 Å². The SMILES string of the molecule is NS(=O)(=O)CC1CC(=O)N(c2ncc(F)cc2Br)C1. The number of rotatable bonds is 3. The monoisotopic (exact) mass is 351 g/mol. The van der Waals surface area contributed by atoms with Crippen LogP contribution in [0.3, 0.4) is 0 Å². The van der Waals surface area contributed by atoms with E-state index in [0.29, 0.717) is 4.47 Å². The fraction of sp³-hybridized carbons (Fsp3) is 0.400. The number of halogens is 2. The Bertz CT molecular complexity index is 622. The first-order valence-corrected chi connectivity index (χ1v) is 7.89. The van der Waals surface area contributed by atoms with Crippen molar-refractivity contribution >= 4 is 37.7 Å². The molecule has 2 heterocycles. The molecule has 104 valence electrons. The van der Waals surface area contributed by atoms with Crippen LogP contribution in [0.15, 0.2) is 16.7 Å². The second-order valence-electron chi connectivity index (χ2n) is 4.36. The Hall–Kier alpha value is -1.06. The first kappa shape index (κ1) is 14.4. The van der Waals surface area contributed by atoms with E-state index in [4.69, 9.17) is 5.14 Å². The van der Waals surface area contributed by atoms with Gasteiger partial charge in [-0.1, -0.05) is 0 Å². The summed E-state index contributed by atoms with van der Waals surface area (Å²) in [4.78, 5) is 17.0. The maximum Gasteiger partial charge on any atom is 0.228 e. The Morgan fingerprint density at radius 3 is 2.84 bits per heavy atom. The maximum absolute atomic E-state index is 12.9. The van der Waals surface area contributed by atoms with Crippen molar-refractivity contribution in [2.45, 2.75) is 6.42 Å². The van der Waals surface area contributed by atoms with Gasteiger partial charge in [-0.05, 0) is 22.0 Å². The van der Waals surface area contributed by atoms with E-state index < -0.39 is 15.8 Å². The fourth-order valence-corrected chi connectivity index (χ4v) is 3.45. The quantitative estimate of drug-likeness (QED) is 0.863. The molecule has 9 heteroatoms. The van der Waals surface area contributed by atoms with E-state index in [-0.39, 0.29) is 36.4 Å². The highest BCUT2D eigenvalue weighted by atomic mass is 79.9. The number of pyridine rings is 1. The molecule has 1 atom stereocenters. The van der Waals surface area contributed by atoms with Gasteiger partial charge in [0.15, 0.2) is 0 Å². The van der Waals surface area contributed by atoms with Gasteiger partial charge >= 0.3 is 0 Å². The van der Waals surface area contributed by atoms with Crippen molar-refractivity contribution in [2.75, 3.05) is 17.2 Å². The van der Waals surface area contributed by atoms with Crippen LogP contribution in [-0.2, 0) is 14.8 Å². The minimum Gasteiger partial charge on any atom is -0.296 e. The zero-order chi connectivity index (χ0) is 14.2. The highest BCUT2D eigenvalue weighted by molar-refractivity contribution is 9.10. The molecule has 0 saturated carbocycles. The smallest absolute Gasteiger partial charge is 0.228 e. The molecule has 0 bridgehead atoms. The zero-order valence-corrected chi connectivity index (χ0v) is 12.1. The molecule has 1 aromatic heterocycles. The number of carbonyl (C=O) groups is 1. The highest BCUT2D eigenvalue weighted by Gasteiger charge is 2.34. The molecule has 1 saturated heterocycles. The molecule has 0 radical (unpaired) electrons. The summed E-state index contributed by atoms with van der Waals surface area (Å²) in [6, 6.07) is 1.20. The number of hydrogen-bond acceptors (Lipinski definition) is 4. The third-order valence-electron chi connectivity index (χ3n) is 2.72. The Kier molecular flexibility index (Phi) is 3.88. The molecule has 0 aliphatic carbocycles. The lowest BCUT2D eigenvalue weighted by Gasteiger charge is -2.16. The molecule has 0 aromatic carbocycles.